The van der Waals surface area contributed by atoms with Gasteiger partial charge in [-0.3, -0.25) is 4.79 Å². The average molecular weight is 441 g/mol. The number of nitrogens with one attached hydrogen (secondary N) is 2. The number of hydrogen-bond donors (Lipinski definition) is 2. The highest BCUT2D eigenvalue weighted by molar-refractivity contribution is 7.91. The number of sulfone groups is 1. The normalized spacial score (nSPS) is 10.9. The number of hydrogen-bond acceptors (Lipinski definition) is 6. The van der Waals surface area contributed by atoms with E-state index in [1.165, 1.54) is 25.3 Å². The maximum Gasteiger partial charge on any atom is 0.243 e. The highest BCUT2D eigenvalue weighted by Crippen LogP contribution is 2.31. The number of rotatable bonds is 9. The number of ether oxygens (including phenoxy) is 2. The summed E-state index contributed by atoms with van der Waals surface area (Å²) in [5, 5.41) is 5.68. The molecule has 0 saturated carbocycles. The Morgan fingerprint density at radius 1 is 0.935 bits per heavy atom. The van der Waals surface area contributed by atoms with Gasteiger partial charge in [-0.25, -0.2) is 8.42 Å². The maximum absolute atomic E-state index is 13.2. The zero-order chi connectivity index (χ0) is 22.3. The Kier molecular flexibility index (Phi) is 7.15. The van der Waals surface area contributed by atoms with Crippen molar-refractivity contribution in [2.24, 2.45) is 0 Å². The third-order valence-electron chi connectivity index (χ3n) is 4.43. The summed E-state index contributed by atoms with van der Waals surface area (Å²) in [6.45, 7) is 2.09. The second-order valence-corrected chi connectivity index (χ2v) is 8.43. The van der Waals surface area contributed by atoms with Crippen molar-refractivity contribution in [1.82, 2.24) is 0 Å². The molecule has 0 bridgehead atoms. The minimum absolute atomic E-state index is 0.0368. The Morgan fingerprint density at radius 2 is 1.65 bits per heavy atom. The Hall–Kier alpha value is -3.52. The number of para-hydroxylation sites is 2. The van der Waals surface area contributed by atoms with Crippen molar-refractivity contribution in [3.05, 3.63) is 72.8 Å². The lowest BCUT2D eigenvalue weighted by atomic mass is 10.3. The van der Waals surface area contributed by atoms with Crippen LogP contribution in [0.3, 0.4) is 0 Å². The lowest BCUT2D eigenvalue weighted by Gasteiger charge is -2.15. The van der Waals surface area contributed by atoms with Gasteiger partial charge in [0.25, 0.3) is 0 Å². The van der Waals surface area contributed by atoms with E-state index in [0.717, 1.165) is 0 Å². The van der Waals surface area contributed by atoms with E-state index in [1.807, 2.05) is 6.92 Å². The molecule has 162 valence electrons. The number of carbonyl (C=O) groups is 1. The second kappa shape index (κ2) is 9.99. The number of anilines is 2. The lowest BCUT2D eigenvalue weighted by molar-refractivity contribution is -0.114. The smallest absolute Gasteiger partial charge is 0.243 e. The molecule has 31 heavy (non-hydrogen) atoms. The van der Waals surface area contributed by atoms with Gasteiger partial charge >= 0.3 is 0 Å². The first-order chi connectivity index (χ1) is 15.0. The van der Waals surface area contributed by atoms with Crippen molar-refractivity contribution in [1.29, 1.82) is 0 Å². The molecule has 7 nitrogen and oxygen atoms in total. The molecule has 3 aromatic carbocycles. The summed E-state index contributed by atoms with van der Waals surface area (Å²) < 4.78 is 37.1. The third-order valence-corrected chi connectivity index (χ3v) is 6.24. The highest BCUT2D eigenvalue weighted by Gasteiger charge is 2.22. The first kappa shape index (κ1) is 22.2. The van der Waals surface area contributed by atoms with E-state index in [9.17, 15) is 13.2 Å². The summed E-state index contributed by atoms with van der Waals surface area (Å²) in [6, 6.07) is 19.9. The van der Waals surface area contributed by atoms with Crippen LogP contribution in [0.5, 0.6) is 11.5 Å². The summed E-state index contributed by atoms with van der Waals surface area (Å²) in [7, 11) is -2.30. The van der Waals surface area contributed by atoms with Gasteiger partial charge in [0.1, 0.15) is 11.5 Å². The molecule has 0 fully saturated rings. The zero-order valence-corrected chi connectivity index (χ0v) is 18.1. The monoisotopic (exact) mass is 440 g/mol. The van der Waals surface area contributed by atoms with Gasteiger partial charge in [0.15, 0.2) is 0 Å². The molecule has 0 heterocycles. The van der Waals surface area contributed by atoms with Crippen LogP contribution in [0.4, 0.5) is 11.4 Å². The van der Waals surface area contributed by atoms with Crippen LogP contribution >= 0.6 is 0 Å². The van der Waals surface area contributed by atoms with Gasteiger partial charge in [0.05, 0.1) is 41.4 Å². The quantitative estimate of drug-likeness (QED) is 0.523. The van der Waals surface area contributed by atoms with E-state index in [1.54, 1.807) is 54.6 Å². The van der Waals surface area contributed by atoms with E-state index >= 15 is 0 Å². The molecule has 0 aliphatic rings. The fourth-order valence-electron chi connectivity index (χ4n) is 2.97. The molecule has 0 radical (unpaired) electrons. The molecule has 0 aliphatic heterocycles. The molecular formula is C23H24N2O5S. The topological polar surface area (TPSA) is 93.7 Å². The molecule has 0 aromatic heterocycles. The van der Waals surface area contributed by atoms with Crippen molar-refractivity contribution in [3.8, 4) is 11.5 Å². The van der Waals surface area contributed by atoms with Gasteiger partial charge in [-0.05, 0) is 43.3 Å². The van der Waals surface area contributed by atoms with E-state index in [-0.39, 0.29) is 22.2 Å². The lowest BCUT2D eigenvalue weighted by Crippen LogP contribution is -2.23. The molecule has 0 saturated heterocycles. The fraction of sp³-hybridized carbons (Fsp3) is 0.174. The van der Waals surface area contributed by atoms with E-state index in [4.69, 9.17) is 9.47 Å². The minimum atomic E-state index is -3.82. The number of benzene rings is 3. The van der Waals surface area contributed by atoms with Crippen molar-refractivity contribution in [2.45, 2.75) is 16.7 Å². The predicted molar refractivity (Wildman–Crippen MR) is 120 cm³/mol. The molecule has 3 rings (SSSR count). The number of amides is 1. The molecule has 0 spiro atoms. The number of methoxy groups -OCH3 is 1. The average Bonchev–Trinajstić information content (AvgIpc) is 2.79. The molecular weight excluding hydrogens is 416 g/mol. The van der Waals surface area contributed by atoms with Crippen molar-refractivity contribution >= 4 is 27.1 Å². The molecule has 1 amide bonds. The molecule has 3 aromatic rings. The number of carbonyl (C=O) groups excluding carboxylic acids is 1. The van der Waals surface area contributed by atoms with Gasteiger partial charge in [0.2, 0.25) is 15.7 Å². The second-order valence-electron chi connectivity index (χ2n) is 6.51. The predicted octanol–water partition coefficient (Wildman–Crippen LogP) is 3.98. The van der Waals surface area contributed by atoms with Crippen LogP contribution in [-0.4, -0.2) is 34.6 Å². The SMILES string of the molecule is CCOc1ccc(NCC(=O)Nc2ccccc2OC)c(S(=O)(=O)c2ccccc2)c1. The van der Waals surface area contributed by atoms with Crippen LogP contribution in [0.2, 0.25) is 0 Å². The van der Waals surface area contributed by atoms with Crippen LogP contribution in [0, 0.1) is 0 Å². The van der Waals surface area contributed by atoms with Crippen LogP contribution in [0.25, 0.3) is 0 Å². The van der Waals surface area contributed by atoms with E-state index in [0.29, 0.717) is 29.5 Å². The van der Waals surface area contributed by atoms with Crippen LogP contribution < -0.4 is 20.1 Å². The van der Waals surface area contributed by atoms with Crippen molar-refractivity contribution < 1.29 is 22.7 Å². The summed E-state index contributed by atoms with van der Waals surface area (Å²) in [5.74, 6) is 0.617. The van der Waals surface area contributed by atoms with Gasteiger partial charge in [0, 0.05) is 6.07 Å². The van der Waals surface area contributed by atoms with Gasteiger partial charge in [-0.1, -0.05) is 30.3 Å². The minimum Gasteiger partial charge on any atom is -0.495 e. The molecule has 2 N–H and O–H groups in total. The van der Waals surface area contributed by atoms with Gasteiger partial charge < -0.3 is 20.1 Å². The summed E-state index contributed by atoms with van der Waals surface area (Å²) in [6.07, 6.45) is 0. The van der Waals surface area contributed by atoms with Crippen LogP contribution in [-0.2, 0) is 14.6 Å². The van der Waals surface area contributed by atoms with Crippen molar-refractivity contribution in [3.63, 3.8) is 0 Å². The van der Waals surface area contributed by atoms with Crippen LogP contribution in [0.15, 0.2) is 82.6 Å². The standard InChI is InChI=1S/C23H24N2O5S/c1-3-30-17-13-14-20(22(15-17)31(27,28)18-9-5-4-6-10-18)24-16-23(26)25-19-11-7-8-12-21(19)29-2/h4-15,24H,3,16H2,1-2H3,(H,25,26). The first-order valence-corrected chi connectivity index (χ1v) is 11.2. The molecule has 0 aliphatic carbocycles. The zero-order valence-electron chi connectivity index (χ0n) is 17.3. The van der Waals surface area contributed by atoms with Crippen LogP contribution in [0.1, 0.15) is 6.92 Å². The summed E-state index contributed by atoms with van der Waals surface area (Å²) >= 11 is 0. The molecule has 8 heteroatoms. The Morgan fingerprint density at radius 3 is 2.35 bits per heavy atom. The Bertz CT molecular complexity index is 1150. The third kappa shape index (κ3) is 5.35. The fourth-order valence-corrected chi connectivity index (χ4v) is 4.44. The molecule has 0 unspecified atom stereocenters. The van der Waals surface area contributed by atoms with Gasteiger partial charge in [-0.15, -0.1) is 0 Å². The Labute approximate surface area is 181 Å². The largest absolute Gasteiger partial charge is 0.495 e. The first-order valence-electron chi connectivity index (χ1n) is 9.69. The highest BCUT2D eigenvalue weighted by atomic mass is 32.2. The summed E-state index contributed by atoms with van der Waals surface area (Å²) in [4.78, 5) is 12.6. The maximum atomic E-state index is 13.2. The summed E-state index contributed by atoms with van der Waals surface area (Å²) in [5.41, 5.74) is 0.836. The van der Waals surface area contributed by atoms with Gasteiger partial charge in [-0.2, -0.15) is 0 Å². The van der Waals surface area contributed by atoms with E-state index in [2.05, 4.69) is 10.6 Å². The van der Waals surface area contributed by atoms with E-state index < -0.39 is 9.84 Å². The van der Waals surface area contributed by atoms with Crippen molar-refractivity contribution in [2.75, 3.05) is 30.9 Å². The molecule has 0 atom stereocenters. The Balaban J connectivity index is 1.85.